The number of aliphatic carboxylic acids is 2. The third kappa shape index (κ3) is 6.70. The quantitative estimate of drug-likeness (QED) is 0.229. The van der Waals surface area contributed by atoms with Gasteiger partial charge in [0.05, 0.1) is 30.3 Å². The molecule has 0 amide bonds. The number of benzene rings is 2. The highest BCUT2D eigenvalue weighted by Gasteiger charge is 2.26. The van der Waals surface area contributed by atoms with E-state index in [1.165, 1.54) is 0 Å². The van der Waals surface area contributed by atoms with Crippen molar-refractivity contribution in [3.63, 3.8) is 0 Å². The molecule has 0 atom stereocenters. The van der Waals surface area contributed by atoms with Gasteiger partial charge in [0.2, 0.25) is 5.52 Å². The van der Waals surface area contributed by atoms with Crippen molar-refractivity contribution in [2.45, 2.75) is 50.5 Å². The number of thioether (sulfide) groups is 1. The summed E-state index contributed by atoms with van der Waals surface area (Å²) in [5, 5.41) is 21.0. The number of aryl methyl sites for hydroxylation is 1. The second kappa shape index (κ2) is 12.7. The average Bonchev–Trinajstić information content (AvgIpc) is 3.39. The molecule has 0 bridgehead atoms. The van der Waals surface area contributed by atoms with E-state index in [0.717, 1.165) is 48.6 Å². The smallest absolute Gasteiger partial charge is 0.303 e. The van der Waals surface area contributed by atoms with Gasteiger partial charge in [-0.2, -0.15) is 4.57 Å². The summed E-state index contributed by atoms with van der Waals surface area (Å²) in [7, 11) is 1.64. The summed E-state index contributed by atoms with van der Waals surface area (Å²) in [6.45, 7) is 3.26. The van der Waals surface area contributed by atoms with Gasteiger partial charge in [-0.3, -0.25) is 9.59 Å². The standard InChI is InChI=1S/C28H29ClN2O5S2/c1-3-18(14-25-30(12-4-6-27(32)33)21-16-19(29)8-10-23(21)37-25)15-26-31(13-5-7-28(34)35)22-17-20(36-2)9-11-24(22)38-26/h8-11,14-17H,3-7,12-13H2,1-2H3,(H-,32,33,34,35)/p+1. The molecule has 0 spiro atoms. The molecule has 2 N–H and O–H groups in total. The van der Waals surface area contributed by atoms with Crippen LogP contribution in [0.2, 0.25) is 5.02 Å². The molecule has 2 aromatic carbocycles. The number of aromatic nitrogens is 1. The Bertz CT molecular complexity index is 1420. The molecule has 0 unspecified atom stereocenters. The summed E-state index contributed by atoms with van der Waals surface area (Å²) in [6.07, 6.45) is 6.36. The molecule has 1 aliphatic rings. The van der Waals surface area contributed by atoms with Gasteiger partial charge in [-0.05, 0) is 54.8 Å². The molecule has 1 aromatic heterocycles. The number of carboxylic acids is 2. The molecule has 0 aliphatic carbocycles. The molecule has 2 heterocycles. The van der Waals surface area contributed by atoms with Crippen LogP contribution in [0.4, 0.5) is 5.69 Å². The summed E-state index contributed by atoms with van der Waals surface area (Å²) < 4.78 is 8.70. The highest BCUT2D eigenvalue weighted by atomic mass is 35.5. The molecule has 200 valence electrons. The molecule has 0 saturated heterocycles. The Balaban J connectivity index is 1.71. The van der Waals surface area contributed by atoms with Crippen LogP contribution >= 0.6 is 34.7 Å². The Hall–Kier alpha value is -3.01. The molecule has 38 heavy (non-hydrogen) atoms. The van der Waals surface area contributed by atoms with Gasteiger partial charge >= 0.3 is 11.9 Å². The number of ether oxygens (including phenoxy) is 1. The Kier molecular flexibility index (Phi) is 9.35. The highest BCUT2D eigenvalue weighted by Crippen LogP contribution is 2.47. The fourth-order valence-electron chi connectivity index (χ4n) is 4.30. The van der Waals surface area contributed by atoms with Gasteiger partial charge in [-0.1, -0.05) is 41.6 Å². The lowest BCUT2D eigenvalue weighted by molar-refractivity contribution is -0.669. The molecular weight excluding hydrogens is 544 g/mol. The minimum atomic E-state index is -0.809. The number of rotatable bonds is 12. The first-order chi connectivity index (χ1) is 18.3. The molecular formula is C28H30ClN2O5S2+. The zero-order chi connectivity index (χ0) is 27.2. The third-order valence-corrected chi connectivity index (χ3v) is 8.66. The summed E-state index contributed by atoms with van der Waals surface area (Å²) in [5.74, 6) is -0.858. The fraction of sp³-hybridized carbons (Fsp3) is 0.321. The summed E-state index contributed by atoms with van der Waals surface area (Å²) in [4.78, 5) is 25.5. The number of carbonyl (C=O) groups is 2. The van der Waals surface area contributed by atoms with E-state index in [2.05, 4.69) is 28.5 Å². The van der Waals surface area contributed by atoms with E-state index >= 15 is 0 Å². The Morgan fingerprint density at radius 1 is 1.11 bits per heavy atom. The van der Waals surface area contributed by atoms with Gasteiger partial charge in [0.15, 0.2) is 6.54 Å². The van der Waals surface area contributed by atoms with Crippen molar-refractivity contribution in [3.8, 4) is 5.75 Å². The van der Waals surface area contributed by atoms with Crippen LogP contribution in [-0.2, 0) is 16.1 Å². The van der Waals surface area contributed by atoms with E-state index in [1.54, 1.807) is 30.2 Å². The Morgan fingerprint density at radius 3 is 2.58 bits per heavy atom. The van der Waals surface area contributed by atoms with E-state index in [0.29, 0.717) is 31.0 Å². The molecule has 0 saturated carbocycles. The zero-order valence-electron chi connectivity index (χ0n) is 21.3. The second-order valence-electron chi connectivity index (χ2n) is 8.84. The average molecular weight is 574 g/mol. The van der Waals surface area contributed by atoms with Crippen molar-refractivity contribution in [1.82, 2.24) is 0 Å². The maximum atomic E-state index is 11.2. The van der Waals surface area contributed by atoms with Crippen LogP contribution in [0.5, 0.6) is 5.75 Å². The first-order valence-corrected chi connectivity index (χ1v) is 14.4. The maximum Gasteiger partial charge on any atom is 0.303 e. The number of hydrogen-bond donors (Lipinski definition) is 2. The van der Waals surface area contributed by atoms with Crippen LogP contribution in [0.25, 0.3) is 16.3 Å². The topological polar surface area (TPSA) is 91.0 Å². The summed E-state index contributed by atoms with van der Waals surface area (Å²) in [6, 6.07) is 11.8. The number of fused-ring (bicyclic) bond motifs is 2. The second-order valence-corrected chi connectivity index (χ2v) is 11.4. The normalized spacial score (nSPS) is 14.3. The van der Waals surface area contributed by atoms with Crippen molar-refractivity contribution in [2.24, 2.45) is 0 Å². The van der Waals surface area contributed by atoms with Gasteiger partial charge in [-0.25, -0.2) is 0 Å². The van der Waals surface area contributed by atoms with Crippen molar-refractivity contribution >= 4 is 68.6 Å². The molecule has 4 rings (SSSR count). The summed E-state index contributed by atoms with van der Waals surface area (Å²) >= 11 is 9.61. The molecule has 1 aliphatic heterocycles. The molecule has 3 aromatic rings. The number of carboxylic acid groups (broad SMARTS) is 2. The minimum Gasteiger partial charge on any atom is -0.497 e. The van der Waals surface area contributed by atoms with Crippen LogP contribution in [-0.4, -0.2) is 35.8 Å². The highest BCUT2D eigenvalue weighted by molar-refractivity contribution is 8.03. The number of nitrogens with zero attached hydrogens (tertiary/aromatic N) is 2. The van der Waals surface area contributed by atoms with Crippen LogP contribution < -0.4 is 14.2 Å². The lowest BCUT2D eigenvalue weighted by Crippen LogP contribution is -2.35. The van der Waals surface area contributed by atoms with Crippen LogP contribution in [0.1, 0.15) is 44.0 Å². The zero-order valence-corrected chi connectivity index (χ0v) is 23.7. The molecule has 10 heteroatoms. The monoisotopic (exact) mass is 573 g/mol. The van der Waals surface area contributed by atoms with Gasteiger partial charge in [0.25, 0.3) is 5.01 Å². The lowest BCUT2D eigenvalue weighted by Gasteiger charge is -2.20. The number of hydrogen-bond acceptors (Lipinski definition) is 6. The van der Waals surface area contributed by atoms with Gasteiger partial charge < -0.3 is 19.8 Å². The molecule has 0 radical (unpaired) electrons. The van der Waals surface area contributed by atoms with Crippen molar-refractivity contribution < 1.29 is 29.1 Å². The van der Waals surface area contributed by atoms with Gasteiger partial charge in [0.1, 0.15) is 10.4 Å². The van der Waals surface area contributed by atoms with Crippen molar-refractivity contribution in [2.75, 3.05) is 18.6 Å². The fourth-order valence-corrected chi connectivity index (χ4v) is 6.75. The SMILES string of the molecule is CCC(/C=C1\Sc2ccc(Cl)cc2N1CCCC(=O)O)=C\c1sc2ccc(OC)cc2[n+]1CCCC(=O)O. The third-order valence-electron chi connectivity index (χ3n) is 6.20. The largest absolute Gasteiger partial charge is 0.497 e. The number of allylic oxidation sites excluding steroid dienone is 2. The maximum absolute atomic E-state index is 11.2. The lowest BCUT2D eigenvalue weighted by atomic mass is 10.1. The van der Waals surface area contributed by atoms with E-state index in [-0.39, 0.29) is 12.8 Å². The molecule has 7 nitrogen and oxygen atoms in total. The van der Waals surface area contributed by atoms with E-state index in [9.17, 15) is 9.59 Å². The summed E-state index contributed by atoms with van der Waals surface area (Å²) in [5.41, 5.74) is 3.12. The molecule has 0 fully saturated rings. The Morgan fingerprint density at radius 2 is 1.87 bits per heavy atom. The van der Waals surface area contributed by atoms with Crippen LogP contribution in [0.3, 0.4) is 0 Å². The van der Waals surface area contributed by atoms with Crippen molar-refractivity contribution in [1.29, 1.82) is 0 Å². The minimum absolute atomic E-state index is 0.0996. The first kappa shape index (κ1) is 28.0. The number of halogens is 1. The predicted molar refractivity (Wildman–Crippen MR) is 153 cm³/mol. The van der Waals surface area contributed by atoms with Gasteiger partial charge in [0, 0.05) is 35.4 Å². The predicted octanol–water partition coefficient (Wildman–Crippen LogP) is 6.83. The van der Waals surface area contributed by atoms with Crippen molar-refractivity contribution in [3.05, 3.63) is 63.1 Å². The Labute approximate surface area is 235 Å². The van der Waals surface area contributed by atoms with E-state index in [4.69, 9.17) is 26.6 Å². The van der Waals surface area contributed by atoms with Crippen LogP contribution in [0.15, 0.2) is 58.0 Å². The van der Waals surface area contributed by atoms with E-state index in [1.807, 2.05) is 36.4 Å². The number of thiazole rings is 1. The number of anilines is 1. The van der Waals surface area contributed by atoms with E-state index < -0.39 is 11.9 Å². The van der Waals surface area contributed by atoms with Crippen LogP contribution in [0, 0.1) is 0 Å². The first-order valence-electron chi connectivity index (χ1n) is 12.4. The number of methoxy groups -OCH3 is 1. The van der Waals surface area contributed by atoms with Gasteiger partial charge in [-0.15, -0.1) is 0 Å².